The number of halogens is 1. The van der Waals surface area contributed by atoms with Crippen molar-refractivity contribution in [3.8, 4) is 0 Å². The van der Waals surface area contributed by atoms with Crippen LogP contribution in [0, 0.1) is 5.82 Å². The smallest absolute Gasteiger partial charge is 0.222 e. The summed E-state index contributed by atoms with van der Waals surface area (Å²) < 4.78 is 13.4. The summed E-state index contributed by atoms with van der Waals surface area (Å²) in [7, 11) is 0. The third-order valence-corrected chi connectivity index (χ3v) is 2.68. The Bertz CT molecular complexity index is 372. The molecule has 2 rings (SSSR count). The number of benzene rings is 1. The number of hydrogen-bond donors (Lipinski definition) is 1. The number of likely N-dealkylation sites (tertiary alicyclic amines) is 1. The lowest BCUT2D eigenvalue weighted by molar-refractivity contribution is -0.128. The number of hydrogen-bond acceptors (Lipinski definition) is 2. The van der Waals surface area contributed by atoms with Crippen molar-refractivity contribution in [2.24, 2.45) is 0 Å². The van der Waals surface area contributed by atoms with Gasteiger partial charge in [-0.05, 0) is 18.6 Å². The van der Waals surface area contributed by atoms with Gasteiger partial charge in [-0.25, -0.2) is 4.39 Å². The number of carbonyl (C=O) groups is 1. The van der Waals surface area contributed by atoms with E-state index in [1.165, 1.54) is 6.07 Å². The number of carbonyl (C=O) groups excluding carboxylic acids is 1. The van der Waals surface area contributed by atoms with E-state index in [4.69, 9.17) is 5.73 Å². The number of nitrogens with two attached hydrogens (primary N) is 1. The van der Waals surface area contributed by atoms with E-state index in [1.807, 2.05) is 0 Å². The minimum Gasteiger partial charge on any atom is -0.398 e. The lowest BCUT2D eigenvalue weighted by Crippen LogP contribution is -2.25. The van der Waals surface area contributed by atoms with Gasteiger partial charge in [-0.3, -0.25) is 4.79 Å². The third kappa shape index (κ3) is 1.93. The first-order valence-corrected chi connectivity index (χ1v) is 4.99. The Balaban J connectivity index is 2.20. The van der Waals surface area contributed by atoms with Gasteiger partial charge in [-0.1, -0.05) is 6.07 Å². The minimum atomic E-state index is -0.338. The van der Waals surface area contributed by atoms with Gasteiger partial charge in [-0.15, -0.1) is 0 Å². The average Bonchev–Trinajstić information content (AvgIpc) is 2.58. The number of nitrogen functional groups attached to an aromatic ring is 1. The van der Waals surface area contributed by atoms with Gasteiger partial charge in [0.05, 0.1) is 6.54 Å². The summed E-state index contributed by atoms with van der Waals surface area (Å²) in [6.45, 7) is 0.990. The summed E-state index contributed by atoms with van der Waals surface area (Å²) in [6, 6.07) is 4.59. The van der Waals surface area contributed by atoms with E-state index in [-0.39, 0.29) is 18.3 Å². The zero-order chi connectivity index (χ0) is 10.8. The fraction of sp³-hybridized carbons (Fsp3) is 0.364. The van der Waals surface area contributed by atoms with Crippen molar-refractivity contribution in [2.45, 2.75) is 19.4 Å². The molecule has 1 heterocycles. The van der Waals surface area contributed by atoms with Crippen molar-refractivity contribution >= 4 is 11.6 Å². The second-order valence-electron chi connectivity index (χ2n) is 3.73. The molecule has 15 heavy (non-hydrogen) atoms. The van der Waals surface area contributed by atoms with Crippen LogP contribution < -0.4 is 5.73 Å². The second-order valence-corrected chi connectivity index (χ2v) is 3.73. The molecule has 80 valence electrons. The highest BCUT2D eigenvalue weighted by Crippen LogP contribution is 2.20. The molecular formula is C11H13FN2O. The molecule has 1 aliphatic heterocycles. The van der Waals surface area contributed by atoms with E-state index in [0.29, 0.717) is 24.2 Å². The Hall–Kier alpha value is -1.58. The Labute approximate surface area is 87.7 Å². The van der Waals surface area contributed by atoms with Gasteiger partial charge in [0.1, 0.15) is 5.82 Å². The highest BCUT2D eigenvalue weighted by molar-refractivity contribution is 5.78. The van der Waals surface area contributed by atoms with Crippen LogP contribution >= 0.6 is 0 Å². The summed E-state index contributed by atoms with van der Waals surface area (Å²) in [5.41, 5.74) is 6.50. The van der Waals surface area contributed by atoms with Gasteiger partial charge in [0.15, 0.2) is 0 Å². The highest BCUT2D eigenvalue weighted by Gasteiger charge is 2.21. The van der Waals surface area contributed by atoms with Gasteiger partial charge < -0.3 is 10.6 Å². The molecule has 2 N–H and O–H groups in total. The number of nitrogens with zero attached hydrogens (tertiary/aromatic N) is 1. The van der Waals surface area contributed by atoms with Crippen molar-refractivity contribution in [3.63, 3.8) is 0 Å². The standard InChI is InChI=1S/C11H13FN2O/c12-9-3-1-4-10(13)8(9)7-14-6-2-5-11(14)15/h1,3-4H,2,5-7,13H2. The normalized spacial score (nSPS) is 16.1. The van der Waals surface area contributed by atoms with Gasteiger partial charge in [-0.2, -0.15) is 0 Å². The fourth-order valence-electron chi connectivity index (χ4n) is 1.80. The quantitative estimate of drug-likeness (QED) is 0.749. The van der Waals surface area contributed by atoms with Crippen LogP contribution in [0.3, 0.4) is 0 Å². The minimum absolute atomic E-state index is 0.0812. The van der Waals surface area contributed by atoms with Gasteiger partial charge in [0.2, 0.25) is 5.91 Å². The molecule has 0 bridgehead atoms. The number of anilines is 1. The van der Waals surface area contributed by atoms with Crippen molar-refractivity contribution in [2.75, 3.05) is 12.3 Å². The van der Waals surface area contributed by atoms with Crippen molar-refractivity contribution < 1.29 is 9.18 Å². The summed E-state index contributed by atoms with van der Waals surface area (Å²) >= 11 is 0. The van der Waals surface area contributed by atoms with E-state index in [9.17, 15) is 9.18 Å². The van der Waals surface area contributed by atoms with E-state index in [0.717, 1.165) is 6.42 Å². The van der Waals surface area contributed by atoms with Crippen molar-refractivity contribution in [3.05, 3.63) is 29.6 Å². The largest absolute Gasteiger partial charge is 0.398 e. The van der Waals surface area contributed by atoms with Gasteiger partial charge in [0.25, 0.3) is 0 Å². The van der Waals surface area contributed by atoms with Crippen LogP contribution in [-0.4, -0.2) is 17.4 Å². The molecule has 0 aliphatic carbocycles. The summed E-state index contributed by atoms with van der Waals surface area (Å²) in [4.78, 5) is 13.0. The monoisotopic (exact) mass is 208 g/mol. The first-order chi connectivity index (χ1) is 7.18. The molecule has 1 aromatic rings. The van der Waals surface area contributed by atoms with Crippen LogP contribution in [0.5, 0.6) is 0 Å². The first-order valence-electron chi connectivity index (χ1n) is 4.99. The molecule has 0 atom stereocenters. The van der Waals surface area contributed by atoms with Gasteiger partial charge >= 0.3 is 0 Å². The maximum absolute atomic E-state index is 13.4. The van der Waals surface area contributed by atoms with E-state index in [1.54, 1.807) is 17.0 Å². The molecular weight excluding hydrogens is 195 g/mol. The average molecular weight is 208 g/mol. The van der Waals surface area contributed by atoms with Crippen molar-refractivity contribution in [1.29, 1.82) is 0 Å². The van der Waals surface area contributed by atoms with Crippen LogP contribution in [0.15, 0.2) is 18.2 Å². The predicted octanol–water partition coefficient (Wildman–Crippen LogP) is 1.53. The summed E-state index contributed by atoms with van der Waals surface area (Å²) in [5.74, 6) is -0.257. The molecule has 1 aromatic carbocycles. The van der Waals surface area contributed by atoms with Crippen LogP contribution in [0.4, 0.5) is 10.1 Å². The number of amides is 1. The Morgan fingerprint density at radius 1 is 1.47 bits per heavy atom. The lowest BCUT2D eigenvalue weighted by atomic mass is 10.1. The van der Waals surface area contributed by atoms with Crippen LogP contribution in [0.2, 0.25) is 0 Å². The Kier molecular flexibility index (Phi) is 2.58. The van der Waals surface area contributed by atoms with Gasteiger partial charge in [0, 0.05) is 24.2 Å². The van der Waals surface area contributed by atoms with E-state index >= 15 is 0 Å². The zero-order valence-corrected chi connectivity index (χ0v) is 8.37. The molecule has 4 heteroatoms. The summed E-state index contributed by atoms with van der Waals surface area (Å²) in [6.07, 6.45) is 1.42. The maximum atomic E-state index is 13.4. The third-order valence-electron chi connectivity index (χ3n) is 2.68. The SMILES string of the molecule is Nc1cccc(F)c1CN1CCCC1=O. The molecule has 0 saturated carbocycles. The molecule has 0 spiro atoms. The zero-order valence-electron chi connectivity index (χ0n) is 8.37. The second kappa shape index (κ2) is 3.88. The molecule has 0 unspecified atom stereocenters. The highest BCUT2D eigenvalue weighted by atomic mass is 19.1. The van der Waals surface area contributed by atoms with Crippen molar-refractivity contribution in [1.82, 2.24) is 4.90 Å². The topological polar surface area (TPSA) is 46.3 Å². The Morgan fingerprint density at radius 3 is 2.87 bits per heavy atom. The molecule has 1 amide bonds. The lowest BCUT2D eigenvalue weighted by Gasteiger charge is -2.17. The van der Waals surface area contributed by atoms with Crippen LogP contribution in [-0.2, 0) is 11.3 Å². The molecule has 1 fully saturated rings. The molecule has 0 aromatic heterocycles. The van der Waals surface area contributed by atoms with E-state index < -0.39 is 0 Å². The first kappa shape index (κ1) is 9.96. The summed E-state index contributed by atoms with van der Waals surface area (Å²) in [5, 5.41) is 0. The van der Waals surface area contributed by atoms with E-state index in [2.05, 4.69) is 0 Å². The number of rotatable bonds is 2. The maximum Gasteiger partial charge on any atom is 0.222 e. The Morgan fingerprint density at radius 2 is 2.27 bits per heavy atom. The molecule has 1 saturated heterocycles. The molecule has 1 aliphatic rings. The molecule has 0 radical (unpaired) electrons. The molecule has 3 nitrogen and oxygen atoms in total. The predicted molar refractivity (Wildman–Crippen MR) is 55.5 cm³/mol. The fourth-order valence-corrected chi connectivity index (χ4v) is 1.80. The van der Waals surface area contributed by atoms with Crippen LogP contribution in [0.1, 0.15) is 18.4 Å². The van der Waals surface area contributed by atoms with Crippen LogP contribution in [0.25, 0.3) is 0 Å².